The number of hydrogen-bond donors (Lipinski definition) is 0. The van der Waals surface area contributed by atoms with Crippen molar-refractivity contribution in [2.75, 3.05) is 13.1 Å². The van der Waals surface area contributed by atoms with Crippen LogP contribution < -0.4 is 0 Å². The minimum absolute atomic E-state index is 0.0437. The van der Waals surface area contributed by atoms with E-state index in [2.05, 4.69) is 39.0 Å². The van der Waals surface area contributed by atoms with Crippen molar-refractivity contribution in [3.63, 3.8) is 0 Å². The average molecular weight is 380 g/mol. The summed E-state index contributed by atoms with van der Waals surface area (Å²) in [5.41, 5.74) is 6.31. The molecule has 1 aliphatic rings. The van der Waals surface area contributed by atoms with E-state index in [0.717, 1.165) is 42.2 Å². The zero-order valence-electron chi connectivity index (χ0n) is 17.5. The summed E-state index contributed by atoms with van der Waals surface area (Å²) in [6, 6.07) is 6.37. The number of aromatic nitrogens is 2. The highest BCUT2D eigenvalue weighted by Gasteiger charge is 2.31. The van der Waals surface area contributed by atoms with Gasteiger partial charge in [0.2, 0.25) is 5.71 Å². The van der Waals surface area contributed by atoms with Gasteiger partial charge in [-0.3, -0.25) is 4.79 Å². The molecule has 5 nitrogen and oxygen atoms in total. The van der Waals surface area contributed by atoms with E-state index in [9.17, 15) is 4.79 Å². The first kappa shape index (κ1) is 18.8. The molecule has 0 atom stereocenters. The topological polar surface area (TPSA) is 50.8 Å². The molecule has 0 spiro atoms. The monoisotopic (exact) mass is 379 g/mol. The van der Waals surface area contributed by atoms with Gasteiger partial charge in [-0.1, -0.05) is 30.7 Å². The van der Waals surface area contributed by atoms with E-state index in [1.807, 2.05) is 23.3 Å². The molecule has 4 rings (SSSR count). The molecule has 5 heteroatoms. The Bertz CT molecular complexity index is 1040. The number of benzene rings is 1. The number of rotatable bonds is 6. The molecule has 0 aliphatic heterocycles. The Labute approximate surface area is 166 Å². The van der Waals surface area contributed by atoms with Gasteiger partial charge in [0.15, 0.2) is 0 Å². The predicted octanol–water partition coefficient (Wildman–Crippen LogP) is 5.09. The molecule has 0 unspecified atom stereocenters. The van der Waals surface area contributed by atoms with Crippen LogP contribution in [0.3, 0.4) is 0 Å². The van der Waals surface area contributed by atoms with Crippen LogP contribution in [-0.2, 0) is 0 Å². The summed E-state index contributed by atoms with van der Waals surface area (Å²) in [6.45, 7) is 11.8. The number of hydrogen-bond acceptors (Lipinski definition) is 3. The zero-order valence-corrected chi connectivity index (χ0v) is 17.5. The van der Waals surface area contributed by atoms with E-state index in [1.165, 1.54) is 24.0 Å². The van der Waals surface area contributed by atoms with Crippen LogP contribution in [0, 0.1) is 33.6 Å². The second-order valence-electron chi connectivity index (χ2n) is 8.20. The standard InChI is InChI=1S/C23H29N3O2/c1-6-11-25(13-18-8-9-18)22(27)20-16(4)24-26-21(17(5)28-23(20)26)19-10-7-14(2)12-15(19)3/h7,10,12,18H,6,8-9,11,13H2,1-5H3. The number of fused-ring (bicyclic) bond motifs is 1. The maximum Gasteiger partial charge on any atom is 0.261 e. The Morgan fingerprint density at radius 3 is 2.64 bits per heavy atom. The summed E-state index contributed by atoms with van der Waals surface area (Å²) < 4.78 is 7.93. The lowest BCUT2D eigenvalue weighted by atomic mass is 10.0. The number of carbonyl (C=O) groups excluding carboxylic acids is 1. The fraction of sp³-hybridized carbons (Fsp3) is 0.478. The quantitative estimate of drug-likeness (QED) is 0.599. The zero-order chi connectivity index (χ0) is 20.0. The van der Waals surface area contributed by atoms with Gasteiger partial charge >= 0.3 is 0 Å². The van der Waals surface area contributed by atoms with Gasteiger partial charge in [-0.05, 0) is 58.4 Å². The molecule has 1 aromatic carbocycles. The van der Waals surface area contributed by atoms with Crippen LogP contribution in [0.4, 0.5) is 0 Å². The van der Waals surface area contributed by atoms with Crippen molar-refractivity contribution < 1.29 is 9.21 Å². The fourth-order valence-electron chi connectivity index (χ4n) is 4.04. The van der Waals surface area contributed by atoms with E-state index in [-0.39, 0.29) is 5.91 Å². The number of aryl methyl sites for hydroxylation is 4. The second-order valence-corrected chi connectivity index (χ2v) is 8.20. The highest BCUT2D eigenvalue weighted by atomic mass is 16.4. The highest BCUT2D eigenvalue weighted by molar-refractivity contribution is 6.01. The van der Waals surface area contributed by atoms with Crippen LogP contribution in [0.2, 0.25) is 0 Å². The molecular weight excluding hydrogens is 350 g/mol. The van der Waals surface area contributed by atoms with E-state index in [1.54, 1.807) is 0 Å². The van der Waals surface area contributed by atoms with E-state index in [0.29, 0.717) is 17.2 Å². The van der Waals surface area contributed by atoms with Gasteiger partial charge in [-0.15, -0.1) is 0 Å². The lowest BCUT2D eigenvalue weighted by Gasteiger charge is -2.21. The molecule has 0 bridgehead atoms. The molecule has 0 saturated heterocycles. The van der Waals surface area contributed by atoms with Crippen LogP contribution >= 0.6 is 0 Å². The van der Waals surface area contributed by atoms with Crippen molar-refractivity contribution in [3.8, 4) is 11.3 Å². The van der Waals surface area contributed by atoms with Crippen LogP contribution in [0.5, 0.6) is 0 Å². The second kappa shape index (κ2) is 7.12. The maximum absolute atomic E-state index is 13.4. The van der Waals surface area contributed by atoms with E-state index >= 15 is 0 Å². The number of oxazole rings is 1. The van der Waals surface area contributed by atoms with Crippen LogP contribution in [0.25, 0.3) is 17.0 Å². The van der Waals surface area contributed by atoms with Crippen LogP contribution in [0.1, 0.15) is 59.1 Å². The first-order valence-electron chi connectivity index (χ1n) is 10.3. The van der Waals surface area contributed by atoms with Gasteiger partial charge in [0.05, 0.1) is 5.69 Å². The van der Waals surface area contributed by atoms with Crippen molar-refractivity contribution in [2.45, 2.75) is 53.9 Å². The minimum atomic E-state index is 0.0437. The fourth-order valence-corrected chi connectivity index (χ4v) is 4.04. The molecule has 1 amide bonds. The Morgan fingerprint density at radius 1 is 1.25 bits per heavy atom. The Kier molecular flexibility index (Phi) is 4.77. The molecule has 1 saturated carbocycles. The summed E-state index contributed by atoms with van der Waals surface area (Å²) in [7, 11) is 0. The molecule has 2 aromatic heterocycles. The smallest absolute Gasteiger partial charge is 0.261 e. The van der Waals surface area contributed by atoms with Crippen LogP contribution in [-0.4, -0.2) is 33.5 Å². The summed E-state index contributed by atoms with van der Waals surface area (Å²) in [4.78, 5) is 15.4. The largest absolute Gasteiger partial charge is 0.440 e. The van der Waals surface area contributed by atoms with Gasteiger partial charge < -0.3 is 9.32 Å². The highest BCUT2D eigenvalue weighted by Crippen LogP contribution is 2.34. The molecule has 0 radical (unpaired) electrons. The van der Waals surface area contributed by atoms with E-state index < -0.39 is 0 Å². The van der Waals surface area contributed by atoms with Crippen molar-refractivity contribution in [1.82, 2.24) is 14.5 Å². The van der Waals surface area contributed by atoms with Gasteiger partial charge in [0.25, 0.3) is 5.91 Å². The first-order valence-corrected chi connectivity index (χ1v) is 10.3. The Morgan fingerprint density at radius 2 is 2.00 bits per heavy atom. The number of amides is 1. The van der Waals surface area contributed by atoms with Crippen LogP contribution in [0.15, 0.2) is 22.6 Å². The minimum Gasteiger partial charge on any atom is -0.440 e. The lowest BCUT2D eigenvalue weighted by molar-refractivity contribution is 0.0747. The number of nitrogens with zero attached hydrogens (tertiary/aromatic N) is 3. The van der Waals surface area contributed by atoms with Gasteiger partial charge in [0, 0.05) is 18.7 Å². The average Bonchev–Trinajstić information content (AvgIpc) is 3.33. The van der Waals surface area contributed by atoms with Crippen molar-refractivity contribution in [2.24, 2.45) is 5.92 Å². The summed E-state index contributed by atoms with van der Waals surface area (Å²) in [5.74, 6) is 1.49. The SMILES string of the molecule is CCCN(CC1CC1)C(=O)c1c(C)nn2c(-c3ccc(C)cc3C)c(C)oc12. The van der Waals surface area contributed by atoms with Crippen molar-refractivity contribution in [3.05, 3.63) is 46.3 Å². The Balaban J connectivity index is 1.80. The van der Waals surface area contributed by atoms with E-state index in [4.69, 9.17) is 9.52 Å². The lowest BCUT2D eigenvalue weighted by Crippen LogP contribution is -2.33. The first-order chi connectivity index (χ1) is 13.4. The normalized spacial score (nSPS) is 14.0. The van der Waals surface area contributed by atoms with Crippen molar-refractivity contribution in [1.29, 1.82) is 0 Å². The predicted molar refractivity (Wildman–Crippen MR) is 111 cm³/mol. The van der Waals surface area contributed by atoms with Gasteiger partial charge in [-0.2, -0.15) is 9.61 Å². The molecule has 28 heavy (non-hydrogen) atoms. The molecule has 0 N–H and O–H groups in total. The molecule has 1 aliphatic carbocycles. The van der Waals surface area contributed by atoms with Gasteiger partial charge in [0.1, 0.15) is 17.0 Å². The Hall–Kier alpha value is -2.56. The summed E-state index contributed by atoms with van der Waals surface area (Å²) >= 11 is 0. The third-order valence-corrected chi connectivity index (χ3v) is 5.62. The molecule has 3 aromatic rings. The maximum atomic E-state index is 13.4. The molecular formula is C23H29N3O2. The summed E-state index contributed by atoms with van der Waals surface area (Å²) in [5, 5.41) is 4.71. The third-order valence-electron chi connectivity index (χ3n) is 5.62. The molecule has 1 fully saturated rings. The van der Waals surface area contributed by atoms with Gasteiger partial charge in [-0.25, -0.2) is 0 Å². The summed E-state index contributed by atoms with van der Waals surface area (Å²) in [6.07, 6.45) is 3.41. The third kappa shape index (κ3) is 3.23. The number of carbonyl (C=O) groups is 1. The van der Waals surface area contributed by atoms with Crippen molar-refractivity contribution >= 4 is 11.6 Å². The molecule has 2 heterocycles. The molecule has 148 valence electrons.